The van der Waals surface area contributed by atoms with Crippen molar-refractivity contribution in [1.29, 1.82) is 0 Å². The van der Waals surface area contributed by atoms with Gasteiger partial charge >= 0.3 is 0 Å². The van der Waals surface area contributed by atoms with Gasteiger partial charge in [-0.15, -0.1) is 0 Å². The van der Waals surface area contributed by atoms with Gasteiger partial charge in [-0.2, -0.15) is 5.10 Å². The Morgan fingerprint density at radius 3 is 2.86 bits per heavy atom. The third-order valence-electron chi connectivity index (χ3n) is 3.03. The van der Waals surface area contributed by atoms with Crippen LogP contribution in [-0.4, -0.2) is 22.3 Å². The molecule has 1 heterocycles. The fourth-order valence-electron chi connectivity index (χ4n) is 1.98. The number of aryl methyl sites for hydroxylation is 2. The van der Waals surface area contributed by atoms with E-state index >= 15 is 0 Å². The van der Waals surface area contributed by atoms with Crippen LogP contribution < -0.4 is 15.8 Å². The summed E-state index contributed by atoms with van der Waals surface area (Å²) in [6.07, 6.45) is 2.36. The smallest absolute Gasteiger partial charge is 0.276 e. The molecule has 0 saturated carbocycles. The summed E-state index contributed by atoms with van der Waals surface area (Å²) in [7, 11) is 1.68. The number of benzene rings is 1. The number of nitrogens with zero attached hydrogens (tertiary/aromatic N) is 2. The van der Waals surface area contributed by atoms with Gasteiger partial charge in [0.25, 0.3) is 5.91 Å². The lowest BCUT2D eigenvalue weighted by Gasteiger charge is -2.13. The van der Waals surface area contributed by atoms with E-state index in [9.17, 15) is 4.79 Å². The van der Waals surface area contributed by atoms with Crippen molar-refractivity contribution < 1.29 is 9.53 Å². The first-order valence-electron chi connectivity index (χ1n) is 6.85. The Balaban J connectivity index is 2.24. The van der Waals surface area contributed by atoms with E-state index in [-0.39, 0.29) is 5.91 Å². The second-order valence-corrected chi connectivity index (χ2v) is 4.87. The highest BCUT2D eigenvalue weighted by molar-refractivity contribution is 6.07. The van der Waals surface area contributed by atoms with Gasteiger partial charge in [-0.05, 0) is 31.0 Å². The number of amides is 1. The van der Waals surface area contributed by atoms with Crippen molar-refractivity contribution >= 4 is 17.3 Å². The summed E-state index contributed by atoms with van der Waals surface area (Å²) in [6, 6.07) is 5.64. The predicted octanol–water partition coefficient (Wildman–Crippen LogP) is 2.35. The second kappa shape index (κ2) is 6.30. The van der Waals surface area contributed by atoms with E-state index in [1.807, 2.05) is 32.0 Å². The number of hydrogen-bond donors (Lipinski definition) is 2. The molecule has 3 N–H and O–H groups in total. The zero-order valence-corrected chi connectivity index (χ0v) is 12.5. The molecule has 0 aliphatic rings. The maximum Gasteiger partial charge on any atom is 0.276 e. The van der Waals surface area contributed by atoms with Crippen molar-refractivity contribution in [3.05, 3.63) is 35.7 Å². The number of rotatable bonds is 5. The van der Waals surface area contributed by atoms with Crippen molar-refractivity contribution in [3.63, 3.8) is 0 Å². The van der Waals surface area contributed by atoms with E-state index in [1.54, 1.807) is 7.05 Å². The largest absolute Gasteiger partial charge is 0.491 e. The van der Waals surface area contributed by atoms with Crippen LogP contribution in [0.15, 0.2) is 24.4 Å². The average Bonchev–Trinajstić information content (AvgIpc) is 2.78. The lowest BCUT2D eigenvalue weighted by Crippen LogP contribution is -2.18. The van der Waals surface area contributed by atoms with Crippen molar-refractivity contribution in [1.82, 2.24) is 9.78 Å². The molecule has 0 atom stereocenters. The Bertz CT molecular complexity index is 630. The van der Waals surface area contributed by atoms with Gasteiger partial charge < -0.3 is 15.8 Å². The minimum Gasteiger partial charge on any atom is -0.491 e. The second-order valence-electron chi connectivity index (χ2n) is 4.87. The first-order valence-corrected chi connectivity index (χ1v) is 6.85. The molecule has 1 amide bonds. The average molecular weight is 288 g/mol. The highest BCUT2D eigenvalue weighted by Gasteiger charge is 2.16. The van der Waals surface area contributed by atoms with Crippen molar-refractivity contribution in [2.24, 2.45) is 7.05 Å². The summed E-state index contributed by atoms with van der Waals surface area (Å²) in [4.78, 5) is 12.3. The van der Waals surface area contributed by atoms with Crippen LogP contribution in [0.5, 0.6) is 5.75 Å². The number of aromatic nitrogens is 2. The standard InChI is InChI=1S/C15H20N4O2/c1-4-7-21-13-8-10(2)5-6-12(13)18-15(20)14-11(16)9-17-19(14)3/h5-6,8-9H,4,7,16H2,1-3H3,(H,18,20). The van der Waals surface area contributed by atoms with Crippen molar-refractivity contribution in [2.75, 3.05) is 17.7 Å². The zero-order chi connectivity index (χ0) is 15.4. The summed E-state index contributed by atoms with van der Waals surface area (Å²) in [5.41, 5.74) is 8.13. The van der Waals surface area contributed by atoms with Crippen LogP contribution in [0, 0.1) is 6.92 Å². The van der Waals surface area contributed by atoms with Crippen molar-refractivity contribution in [3.8, 4) is 5.75 Å². The summed E-state index contributed by atoms with van der Waals surface area (Å²) < 4.78 is 7.13. The highest BCUT2D eigenvalue weighted by atomic mass is 16.5. The van der Waals surface area contributed by atoms with Gasteiger partial charge in [-0.1, -0.05) is 13.0 Å². The van der Waals surface area contributed by atoms with Crippen LogP contribution in [-0.2, 0) is 7.05 Å². The molecule has 112 valence electrons. The molecule has 0 spiro atoms. The fraction of sp³-hybridized carbons (Fsp3) is 0.333. The lowest BCUT2D eigenvalue weighted by molar-refractivity contribution is 0.101. The molecule has 0 saturated heterocycles. The topological polar surface area (TPSA) is 82.2 Å². The molecule has 21 heavy (non-hydrogen) atoms. The van der Waals surface area contributed by atoms with Gasteiger partial charge in [0.05, 0.1) is 24.2 Å². The maximum absolute atomic E-state index is 12.3. The Hall–Kier alpha value is -2.50. The van der Waals surface area contributed by atoms with E-state index in [1.165, 1.54) is 10.9 Å². The molecule has 0 unspecified atom stereocenters. The molecule has 0 radical (unpaired) electrons. The summed E-state index contributed by atoms with van der Waals surface area (Å²) >= 11 is 0. The fourth-order valence-corrected chi connectivity index (χ4v) is 1.98. The van der Waals surface area contributed by atoms with E-state index in [2.05, 4.69) is 10.4 Å². The monoisotopic (exact) mass is 288 g/mol. The molecule has 1 aromatic heterocycles. The normalized spacial score (nSPS) is 10.4. The minimum absolute atomic E-state index is 0.308. The van der Waals surface area contributed by atoms with Gasteiger partial charge in [0.1, 0.15) is 11.4 Å². The molecule has 2 aromatic rings. The Morgan fingerprint density at radius 2 is 2.24 bits per heavy atom. The molecular formula is C15H20N4O2. The molecule has 2 rings (SSSR count). The van der Waals surface area contributed by atoms with E-state index in [0.29, 0.717) is 29.4 Å². The number of nitrogens with two attached hydrogens (primary N) is 1. The van der Waals surface area contributed by atoms with Gasteiger partial charge in [-0.25, -0.2) is 0 Å². The third-order valence-corrected chi connectivity index (χ3v) is 3.03. The number of ether oxygens (including phenoxy) is 1. The molecular weight excluding hydrogens is 268 g/mol. The quantitative estimate of drug-likeness (QED) is 0.884. The van der Waals surface area contributed by atoms with Crippen molar-refractivity contribution in [2.45, 2.75) is 20.3 Å². The number of carbonyl (C=O) groups is 1. The zero-order valence-electron chi connectivity index (χ0n) is 12.5. The predicted molar refractivity (Wildman–Crippen MR) is 82.5 cm³/mol. The summed E-state index contributed by atoms with van der Waals surface area (Å²) in [5.74, 6) is 0.351. The van der Waals surface area contributed by atoms with Crippen LogP contribution >= 0.6 is 0 Å². The first-order chi connectivity index (χ1) is 10.0. The van der Waals surface area contributed by atoms with E-state index in [0.717, 1.165) is 12.0 Å². The molecule has 1 aromatic carbocycles. The van der Waals surface area contributed by atoms with Crippen LogP contribution in [0.1, 0.15) is 29.4 Å². The summed E-state index contributed by atoms with van der Waals surface area (Å²) in [5, 5.41) is 6.79. The van der Waals surface area contributed by atoms with Crippen LogP contribution in [0.2, 0.25) is 0 Å². The highest BCUT2D eigenvalue weighted by Crippen LogP contribution is 2.27. The number of anilines is 2. The molecule has 6 heteroatoms. The third kappa shape index (κ3) is 3.34. The maximum atomic E-state index is 12.3. The van der Waals surface area contributed by atoms with Gasteiger partial charge in [0.2, 0.25) is 0 Å². The van der Waals surface area contributed by atoms with E-state index < -0.39 is 0 Å². The number of nitrogen functional groups attached to an aromatic ring is 1. The van der Waals surface area contributed by atoms with Crippen LogP contribution in [0.4, 0.5) is 11.4 Å². The Morgan fingerprint density at radius 1 is 1.48 bits per heavy atom. The molecule has 0 aliphatic heterocycles. The van der Waals surface area contributed by atoms with Gasteiger partial charge in [0.15, 0.2) is 0 Å². The minimum atomic E-state index is -0.308. The first kappa shape index (κ1) is 14.9. The number of hydrogen-bond acceptors (Lipinski definition) is 4. The molecule has 0 bridgehead atoms. The summed E-state index contributed by atoms with van der Waals surface area (Å²) in [6.45, 7) is 4.61. The number of nitrogens with one attached hydrogen (secondary N) is 1. The molecule has 0 fully saturated rings. The molecule has 6 nitrogen and oxygen atoms in total. The Labute approximate surface area is 123 Å². The Kier molecular flexibility index (Phi) is 4.47. The lowest BCUT2D eigenvalue weighted by atomic mass is 10.2. The molecule has 0 aliphatic carbocycles. The van der Waals surface area contributed by atoms with E-state index in [4.69, 9.17) is 10.5 Å². The SMILES string of the molecule is CCCOc1cc(C)ccc1NC(=O)c1c(N)cnn1C. The van der Waals surface area contributed by atoms with Gasteiger partial charge in [0, 0.05) is 7.05 Å². The van der Waals surface area contributed by atoms with Crippen LogP contribution in [0.25, 0.3) is 0 Å². The number of carbonyl (C=O) groups excluding carboxylic acids is 1. The van der Waals surface area contributed by atoms with Crippen LogP contribution in [0.3, 0.4) is 0 Å². The van der Waals surface area contributed by atoms with Gasteiger partial charge in [-0.3, -0.25) is 9.48 Å².